The Morgan fingerprint density at radius 1 is 1.21 bits per heavy atom. The van der Waals surface area contributed by atoms with Crippen molar-refractivity contribution in [2.75, 3.05) is 7.11 Å². The number of methoxy groups -OCH3 is 1. The fourth-order valence-corrected chi connectivity index (χ4v) is 6.19. The number of amides is 1. The van der Waals surface area contributed by atoms with Gasteiger partial charge in [0.05, 0.1) is 17.8 Å². The van der Waals surface area contributed by atoms with Gasteiger partial charge in [0, 0.05) is 5.92 Å². The molecule has 1 N–H and O–H groups in total. The van der Waals surface area contributed by atoms with Gasteiger partial charge < -0.3 is 9.47 Å². The lowest BCUT2D eigenvalue weighted by Gasteiger charge is -2.15. The van der Waals surface area contributed by atoms with Gasteiger partial charge in [0.1, 0.15) is 6.61 Å². The summed E-state index contributed by atoms with van der Waals surface area (Å²) in [5, 5.41) is 6.58. The molecule has 0 aromatic heterocycles. The predicted molar refractivity (Wildman–Crippen MR) is 138 cm³/mol. The molecular formula is C28H29BrN2O3. The first-order chi connectivity index (χ1) is 16.5. The molecule has 1 amide bonds. The fraction of sp³-hybridized carbons (Fsp3) is 0.357. The van der Waals surface area contributed by atoms with Gasteiger partial charge in [0.15, 0.2) is 11.5 Å². The number of ether oxygens (including phenoxy) is 2. The molecule has 34 heavy (non-hydrogen) atoms. The van der Waals surface area contributed by atoms with E-state index in [1.807, 2.05) is 30.3 Å². The van der Waals surface area contributed by atoms with E-state index in [-0.39, 0.29) is 17.2 Å². The summed E-state index contributed by atoms with van der Waals surface area (Å²) in [5.41, 5.74) is 4.84. The molecule has 0 aliphatic heterocycles. The monoisotopic (exact) mass is 520 g/mol. The summed E-state index contributed by atoms with van der Waals surface area (Å²) in [5.74, 6) is 1.88. The van der Waals surface area contributed by atoms with Crippen LogP contribution in [0.5, 0.6) is 11.5 Å². The van der Waals surface area contributed by atoms with Crippen molar-refractivity contribution in [2.45, 2.75) is 39.2 Å². The third-order valence-corrected chi connectivity index (χ3v) is 8.09. The molecule has 0 radical (unpaired) electrons. The largest absolute Gasteiger partial charge is 0.493 e. The van der Waals surface area contributed by atoms with Gasteiger partial charge in [-0.25, -0.2) is 5.43 Å². The molecule has 0 spiro atoms. The van der Waals surface area contributed by atoms with Gasteiger partial charge >= 0.3 is 0 Å². The molecule has 3 aromatic carbocycles. The molecule has 0 unspecified atom stereocenters. The molecule has 3 aromatic rings. The van der Waals surface area contributed by atoms with Crippen LogP contribution in [0.3, 0.4) is 0 Å². The molecule has 2 saturated carbocycles. The number of fused-ring (bicyclic) bond motifs is 2. The minimum Gasteiger partial charge on any atom is -0.493 e. The van der Waals surface area contributed by atoms with E-state index in [0.29, 0.717) is 24.0 Å². The molecular weight excluding hydrogens is 492 g/mol. The lowest BCUT2D eigenvalue weighted by molar-refractivity contribution is -0.123. The maximum Gasteiger partial charge on any atom is 0.244 e. The van der Waals surface area contributed by atoms with Crippen LogP contribution in [0.25, 0.3) is 10.8 Å². The summed E-state index contributed by atoms with van der Waals surface area (Å²) in [6.07, 6.45) is 6.40. The van der Waals surface area contributed by atoms with Crippen LogP contribution in [-0.4, -0.2) is 19.2 Å². The zero-order chi connectivity index (χ0) is 23.7. The molecule has 5 rings (SSSR count). The van der Waals surface area contributed by atoms with E-state index in [1.165, 1.54) is 23.6 Å². The number of hydrogen-bond acceptors (Lipinski definition) is 4. The Hall–Kier alpha value is -2.86. The molecule has 0 bridgehead atoms. The zero-order valence-corrected chi connectivity index (χ0v) is 21.1. The summed E-state index contributed by atoms with van der Waals surface area (Å²) < 4.78 is 12.5. The Balaban J connectivity index is 1.26. The second-order valence-electron chi connectivity index (χ2n) is 9.53. The van der Waals surface area contributed by atoms with Crippen LogP contribution < -0.4 is 14.9 Å². The van der Waals surface area contributed by atoms with Crippen molar-refractivity contribution in [2.24, 2.45) is 22.4 Å². The third-order valence-electron chi connectivity index (χ3n) is 7.51. The fourth-order valence-electron chi connectivity index (χ4n) is 5.61. The van der Waals surface area contributed by atoms with E-state index in [9.17, 15) is 4.79 Å². The minimum atomic E-state index is 0.0340. The SMILES string of the molecule is COc1cc(/C=N\NC(=O)[C@@H]2[C@@H]3CCCC[C@]23C)cc(Br)c1OCc1cccc2ccccc12. The van der Waals surface area contributed by atoms with Crippen molar-refractivity contribution in [3.8, 4) is 11.5 Å². The number of nitrogens with one attached hydrogen (secondary N) is 1. The molecule has 6 heteroatoms. The maximum atomic E-state index is 12.6. The number of nitrogens with zero attached hydrogens (tertiary/aromatic N) is 1. The molecule has 176 valence electrons. The van der Waals surface area contributed by atoms with Crippen LogP contribution in [0.15, 0.2) is 64.2 Å². The van der Waals surface area contributed by atoms with Crippen LogP contribution in [0.4, 0.5) is 0 Å². The molecule has 0 saturated heterocycles. The Labute approximate surface area is 208 Å². The van der Waals surface area contributed by atoms with Gasteiger partial charge in [-0.3, -0.25) is 4.79 Å². The van der Waals surface area contributed by atoms with Gasteiger partial charge in [-0.1, -0.05) is 62.2 Å². The molecule has 5 nitrogen and oxygen atoms in total. The molecule has 2 aliphatic rings. The highest BCUT2D eigenvalue weighted by Crippen LogP contribution is 2.66. The van der Waals surface area contributed by atoms with Gasteiger partial charge in [-0.2, -0.15) is 5.10 Å². The molecule has 3 atom stereocenters. The van der Waals surface area contributed by atoms with Crippen molar-refractivity contribution in [3.05, 3.63) is 70.2 Å². The Morgan fingerprint density at radius 3 is 2.82 bits per heavy atom. The predicted octanol–water partition coefficient (Wildman–Crippen LogP) is 6.47. The van der Waals surface area contributed by atoms with Crippen LogP contribution >= 0.6 is 15.9 Å². The van der Waals surface area contributed by atoms with E-state index in [1.54, 1.807) is 13.3 Å². The Bertz CT molecular complexity index is 1250. The van der Waals surface area contributed by atoms with Gasteiger partial charge in [0.25, 0.3) is 0 Å². The number of carbonyl (C=O) groups is 1. The lowest BCUT2D eigenvalue weighted by Crippen LogP contribution is -2.22. The highest BCUT2D eigenvalue weighted by Gasteiger charge is 2.64. The van der Waals surface area contributed by atoms with Crippen LogP contribution in [0.2, 0.25) is 0 Å². The first-order valence-electron chi connectivity index (χ1n) is 11.8. The van der Waals surface area contributed by atoms with Crippen molar-refractivity contribution < 1.29 is 14.3 Å². The third kappa shape index (κ3) is 4.31. The Kier molecular flexibility index (Phi) is 6.34. The van der Waals surface area contributed by atoms with E-state index >= 15 is 0 Å². The molecule has 0 heterocycles. The zero-order valence-electron chi connectivity index (χ0n) is 19.5. The molecule has 2 aliphatic carbocycles. The van der Waals surface area contributed by atoms with Gasteiger partial charge in [-0.15, -0.1) is 0 Å². The van der Waals surface area contributed by atoms with Crippen LogP contribution in [0, 0.1) is 17.3 Å². The smallest absolute Gasteiger partial charge is 0.244 e. The van der Waals surface area contributed by atoms with Crippen LogP contribution in [-0.2, 0) is 11.4 Å². The van der Waals surface area contributed by atoms with Crippen LogP contribution in [0.1, 0.15) is 43.7 Å². The number of hydrazone groups is 1. The van der Waals surface area contributed by atoms with Gasteiger partial charge in [-0.05, 0) is 74.1 Å². The van der Waals surface area contributed by atoms with Crippen molar-refractivity contribution in [1.82, 2.24) is 5.43 Å². The second-order valence-corrected chi connectivity index (χ2v) is 10.4. The summed E-state index contributed by atoms with van der Waals surface area (Å²) in [6.45, 7) is 2.66. The van der Waals surface area contributed by atoms with E-state index in [2.05, 4.69) is 57.6 Å². The summed E-state index contributed by atoms with van der Waals surface area (Å²) >= 11 is 3.61. The second kappa shape index (κ2) is 9.41. The Morgan fingerprint density at radius 2 is 2.03 bits per heavy atom. The number of rotatable bonds is 7. The number of benzene rings is 3. The lowest BCUT2D eigenvalue weighted by atomic mass is 9.90. The summed E-state index contributed by atoms with van der Waals surface area (Å²) in [7, 11) is 1.62. The topological polar surface area (TPSA) is 59.9 Å². The normalized spacial score (nSPS) is 23.5. The van der Waals surface area contributed by atoms with Crippen molar-refractivity contribution in [1.29, 1.82) is 0 Å². The van der Waals surface area contributed by atoms with Crippen molar-refractivity contribution in [3.63, 3.8) is 0 Å². The average molecular weight is 521 g/mol. The first-order valence-corrected chi connectivity index (χ1v) is 12.6. The standard InChI is InChI=1S/C28H29BrN2O3/c1-28-13-6-5-12-22(28)25(28)27(32)31-30-16-18-14-23(29)26(24(15-18)33-2)34-17-20-10-7-9-19-8-3-4-11-21(19)20/h3-4,7-11,14-16,22,25H,5-6,12-13,17H2,1-2H3,(H,31,32)/b30-16-/t22-,25-,28-/m0/s1. The van der Waals surface area contributed by atoms with E-state index in [4.69, 9.17) is 9.47 Å². The van der Waals surface area contributed by atoms with Crippen molar-refractivity contribution >= 4 is 38.8 Å². The quantitative estimate of drug-likeness (QED) is 0.287. The van der Waals surface area contributed by atoms with E-state index in [0.717, 1.165) is 28.4 Å². The average Bonchev–Trinajstić information content (AvgIpc) is 3.48. The number of halogens is 1. The highest BCUT2D eigenvalue weighted by molar-refractivity contribution is 9.10. The summed E-state index contributed by atoms with van der Waals surface area (Å²) in [4.78, 5) is 12.6. The van der Waals surface area contributed by atoms with Gasteiger partial charge in [0.2, 0.25) is 5.91 Å². The first kappa shape index (κ1) is 22.9. The highest BCUT2D eigenvalue weighted by atomic mass is 79.9. The number of carbonyl (C=O) groups excluding carboxylic acids is 1. The van der Waals surface area contributed by atoms with E-state index < -0.39 is 0 Å². The molecule has 2 fully saturated rings. The summed E-state index contributed by atoms with van der Waals surface area (Å²) in [6, 6.07) is 18.2. The number of hydrogen-bond donors (Lipinski definition) is 1. The maximum absolute atomic E-state index is 12.6. The minimum absolute atomic E-state index is 0.0340.